The lowest BCUT2D eigenvalue weighted by molar-refractivity contribution is -0.124. The van der Waals surface area contributed by atoms with Crippen LogP contribution in [0.3, 0.4) is 0 Å². The van der Waals surface area contributed by atoms with Crippen LogP contribution in [0.2, 0.25) is 0 Å². The standard InChI is InChI=1S/C16H24N2O3S/c1-13(2)12-18(15-10-6-7-11-17-16(15)19)22(20,21)14-8-4-3-5-9-14/h3-5,8-9,13,15H,6-7,10-12H2,1-2H3,(H,17,19)/t15-/m0/s1. The normalized spacial score (nSPS) is 20.0. The largest absolute Gasteiger partial charge is 0.355 e. The molecule has 0 saturated carbocycles. The van der Waals surface area contributed by atoms with Gasteiger partial charge in [-0.3, -0.25) is 4.79 Å². The Balaban J connectivity index is 2.39. The van der Waals surface area contributed by atoms with Gasteiger partial charge in [-0.1, -0.05) is 32.0 Å². The summed E-state index contributed by atoms with van der Waals surface area (Å²) >= 11 is 0. The zero-order valence-corrected chi connectivity index (χ0v) is 14.0. The van der Waals surface area contributed by atoms with Gasteiger partial charge in [-0.2, -0.15) is 4.31 Å². The number of amides is 1. The van der Waals surface area contributed by atoms with Gasteiger partial charge in [0, 0.05) is 13.1 Å². The summed E-state index contributed by atoms with van der Waals surface area (Å²) in [6.45, 7) is 4.88. The Labute approximate surface area is 132 Å². The molecule has 1 aromatic carbocycles. The number of rotatable bonds is 5. The third-order valence-corrected chi connectivity index (χ3v) is 5.64. The summed E-state index contributed by atoms with van der Waals surface area (Å²) in [4.78, 5) is 12.5. The predicted molar refractivity (Wildman–Crippen MR) is 85.8 cm³/mol. The first-order valence-electron chi connectivity index (χ1n) is 7.77. The molecule has 0 unspecified atom stereocenters. The summed E-state index contributed by atoms with van der Waals surface area (Å²) in [5, 5.41) is 2.83. The molecule has 1 N–H and O–H groups in total. The number of hydrogen-bond acceptors (Lipinski definition) is 3. The molecule has 0 aromatic heterocycles. The Kier molecular flexibility index (Phi) is 5.58. The van der Waals surface area contributed by atoms with Crippen LogP contribution in [-0.2, 0) is 14.8 Å². The van der Waals surface area contributed by atoms with Crippen molar-refractivity contribution >= 4 is 15.9 Å². The highest BCUT2D eigenvalue weighted by Gasteiger charge is 2.36. The molecule has 6 heteroatoms. The fraction of sp³-hybridized carbons (Fsp3) is 0.562. The molecule has 0 aliphatic carbocycles. The van der Waals surface area contributed by atoms with E-state index in [2.05, 4.69) is 5.32 Å². The number of nitrogens with zero attached hydrogens (tertiary/aromatic N) is 1. The van der Waals surface area contributed by atoms with Crippen LogP contribution in [-0.4, -0.2) is 37.8 Å². The van der Waals surface area contributed by atoms with Crippen LogP contribution in [0.1, 0.15) is 33.1 Å². The molecule has 0 radical (unpaired) electrons. The van der Waals surface area contributed by atoms with Crippen LogP contribution in [0.5, 0.6) is 0 Å². The van der Waals surface area contributed by atoms with Gasteiger partial charge in [0.1, 0.15) is 6.04 Å². The van der Waals surface area contributed by atoms with Crippen LogP contribution in [0, 0.1) is 5.92 Å². The maximum Gasteiger partial charge on any atom is 0.243 e. The molecular formula is C16H24N2O3S. The number of sulfonamides is 1. The summed E-state index contributed by atoms with van der Waals surface area (Å²) in [7, 11) is -3.67. The molecule has 1 aliphatic rings. The Bertz CT molecular complexity index is 599. The fourth-order valence-corrected chi connectivity index (χ4v) is 4.48. The highest BCUT2D eigenvalue weighted by molar-refractivity contribution is 7.89. The van der Waals surface area contributed by atoms with E-state index in [1.54, 1.807) is 30.3 Å². The molecule has 1 fully saturated rings. The van der Waals surface area contributed by atoms with E-state index in [-0.39, 0.29) is 16.7 Å². The Morgan fingerprint density at radius 1 is 1.23 bits per heavy atom. The Hall–Kier alpha value is -1.40. The van der Waals surface area contributed by atoms with Crippen molar-refractivity contribution in [2.75, 3.05) is 13.1 Å². The van der Waals surface area contributed by atoms with Crippen molar-refractivity contribution in [3.63, 3.8) is 0 Å². The molecule has 1 atom stereocenters. The first kappa shape index (κ1) is 17.0. The van der Waals surface area contributed by atoms with E-state index in [4.69, 9.17) is 0 Å². The summed E-state index contributed by atoms with van der Waals surface area (Å²) in [6.07, 6.45) is 2.32. The zero-order chi connectivity index (χ0) is 16.2. The van der Waals surface area contributed by atoms with E-state index in [0.29, 0.717) is 19.5 Å². The van der Waals surface area contributed by atoms with Crippen LogP contribution >= 0.6 is 0 Å². The maximum atomic E-state index is 13.0. The SMILES string of the molecule is CC(C)CN([C@H]1CCCCNC1=O)S(=O)(=O)c1ccccc1. The lowest BCUT2D eigenvalue weighted by atomic mass is 10.1. The van der Waals surface area contributed by atoms with Crippen LogP contribution in [0.25, 0.3) is 0 Å². The highest BCUT2D eigenvalue weighted by atomic mass is 32.2. The van der Waals surface area contributed by atoms with Gasteiger partial charge < -0.3 is 5.32 Å². The van der Waals surface area contributed by atoms with Crippen molar-refractivity contribution in [2.24, 2.45) is 5.92 Å². The Morgan fingerprint density at radius 2 is 1.91 bits per heavy atom. The van der Waals surface area contributed by atoms with Crippen molar-refractivity contribution in [1.82, 2.24) is 9.62 Å². The number of carbonyl (C=O) groups is 1. The van der Waals surface area contributed by atoms with E-state index in [9.17, 15) is 13.2 Å². The summed E-state index contributed by atoms with van der Waals surface area (Å²) < 4.78 is 27.3. The lowest BCUT2D eigenvalue weighted by Gasteiger charge is -2.30. The van der Waals surface area contributed by atoms with Gasteiger partial charge >= 0.3 is 0 Å². The summed E-state index contributed by atoms with van der Waals surface area (Å²) in [5.74, 6) is -0.0350. The molecule has 5 nitrogen and oxygen atoms in total. The molecule has 1 aliphatic heterocycles. The van der Waals surface area contributed by atoms with Crippen LogP contribution in [0.15, 0.2) is 35.2 Å². The van der Waals surface area contributed by atoms with Gasteiger partial charge in [0.05, 0.1) is 4.90 Å². The summed E-state index contributed by atoms with van der Waals surface area (Å²) in [6, 6.07) is 7.73. The minimum Gasteiger partial charge on any atom is -0.355 e. The second-order valence-corrected chi connectivity index (χ2v) is 7.97. The average Bonchev–Trinajstić information content (AvgIpc) is 2.70. The first-order valence-corrected chi connectivity index (χ1v) is 9.21. The molecule has 1 amide bonds. The maximum absolute atomic E-state index is 13.0. The van der Waals surface area contributed by atoms with Crippen molar-refractivity contribution in [3.8, 4) is 0 Å². The molecular weight excluding hydrogens is 300 g/mol. The van der Waals surface area contributed by atoms with Gasteiger partial charge in [-0.15, -0.1) is 0 Å². The van der Waals surface area contributed by atoms with Gasteiger partial charge in [0.15, 0.2) is 0 Å². The molecule has 1 heterocycles. The fourth-order valence-electron chi connectivity index (χ4n) is 2.68. The lowest BCUT2D eigenvalue weighted by Crippen LogP contribution is -2.49. The van der Waals surface area contributed by atoms with E-state index in [0.717, 1.165) is 12.8 Å². The molecule has 0 spiro atoms. The van der Waals surface area contributed by atoms with Gasteiger partial charge in [-0.05, 0) is 37.3 Å². The minimum absolute atomic E-state index is 0.148. The van der Waals surface area contributed by atoms with Crippen LogP contribution < -0.4 is 5.32 Å². The second-order valence-electron chi connectivity index (χ2n) is 6.08. The third-order valence-electron chi connectivity index (χ3n) is 3.75. The predicted octanol–water partition coefficient (Wildman–Crippen LogP) is 2.00. The van der Waals surface area contributed by atoms with Gasteiger partial charge in [-0.25, -0.2) is 8.42 Å². The molecule has 122 valence electrons. The Morgan fingerprint density at radius 3 is 2.55 bits per heavy atom. The molecule has 0 bridgehead atoms. The van der Waals surface area contributed by atoms with Gasteiger partial charge in [0.2, 0.25) is 15.9 Å². The highest BCUT2D eigenvalue weighted by Crippen LogP contribution is 2.23. The molecule has 22 heavy (non-hydrogen) atoms. The van der Waals surface area contributed by atoms with E-state index in [1.165, 1.54) is 4.31 Å². The summed E-state index contributed by atoms with van der Waals surface area (Å²) in [5.41, 5.74) is 0. The molecule has 1 saturated heterocycles. The zero-order valence-electron chi connectivity index (χ0n) is 13.2. The van der Waals surface area contributed by atoms with E-state index >= 15 is 0 Å². The van der Waals surface area contributed by atoms with Crippen molar-refractivity contribution in [1.29, 1.82) is 0 Å². The van der Waals surface area contributed by atoms with E-state index < -0.39 is 16.1 Å². The average molecular weight is 324 g/mol. The van der Waals surface area contributed by atoms with Gasteiger partial charge in [0.25, 0.3) is 0 Å². The molecule has 1 aromatic rings. The topological polar surface area (TPSA) is 66.5 Å². The van der Waals surface area contributed by atoms with Crippen molar-refractivity contribution < 1.29 is 13.2 Å². The number of nitrogens with one attached hydrogen (secondary N) is 1. The van der Waals surface area contributed by atoms with E-state index in [1.807, 2.05) is 13.8 Å². The monoisotopic (exact) mass is 324 g/mol. The third kappa shape index (κ3) is 3.87. The molecule has 2 rings (SSSR count). The quantitative estimate of drug-likeness (QED) is 0.901. The minimum atomic E-state index is -3.67. The number of hydrogen-bond donors (Lipinski definition) is 1. The second kappa shape index (κ2) is 7.24. The number of carbonyl (C=O) groups excluding carboxylic acids is 1. The smallest absolute Gasteiger partial charge is 0.243 e. The van der Waals surface area contributed by atoms with Crippen molar-refractivity contribution in [3.05, 3.63) is 30.3 Å². The first-order chi connectivity index (χ1) is 10.4. The van der Waals surface area contributed by atoms with Crippen molar-refractivity contribution in [2.45, 2.75) is 44.0 Å². The number of benzene rings is 1. The van der Waals surface area contributed by atoms with Crippen LogP contribution in [0.4, 0.5) is 0 Å².